The summed E-state index contributed by atoms with van der Waals surface area (Å²) in [6.07, 6.45) is 1.73. The highest BCUT2D eigenvalue weighted by molar-refractivity contribution is 5.52. The normalized spacial score (nSPS) is 10.8. The minimum Gasteiger partial charge on any atom is -0.379 e. The molecule has 0 bridgehead atoms. The minimum atomic E-state index is -0.0571. The van der Waals surface area contributed by atoms with Gasteiger partial charge in [-0.05, 0) is 43.2 Å². The number of benzene rings is 1. The Morgan fingerprint density at radius 3 is 2.86 bits per heavy atom. The number of hydrogen-bond donors (Lipinski definition) is 1. The largest absolute Gasteiger partial charge is 0.379 e. The summed E-state index contributed by atoms with van der Waals surface area (Å²) in [6.45, 7) is 4.65. The van der Waals surface area contributed by atoms with Gasteiger partial charge in [-0.25, -0.2) is 4.98 Å². The van der Waals surface area contributed by atoms with E-state index in [-0.39, 0.29) is 5.56 Å². The number of fused-ring (bicyclic) bond motifs is 1. The van der Waals surface area contributed by atoms with Gasteiger partial charge in [0.25, 0.3) is 5.56 Å². The van der Waals surface area contributed by atoms with E-state index in [0.29, 0.717) is 12.2 Å². The molecule has 0 atom stereocenters. The fraction of sp³-hybridized carbons (Fsp3) is 0.176. The van der Waals surface area contributed by atoms with Gasteiger partial charge < -0.3 is 5.32 Å². The minimum absolute atomic E-state index is 0.0571. The van der Waals surface area contributed by atoms with Gasteiger partial charge in [-0.2, -0.15) is 0 Å². The SMILES string of the molecule is Cc1ccc(C)c(NCc2cc(=O)n3ccccc3n2)c1. The molecule has 0 fully saturated rings. The highest BCUT2D eigenvalue weighted by Crippen LogP contribution is 2.16. The molecule has 0 radical (unpaired) electrons. The Kier molecular flexibility index (Phi) is 3.44. The van der Waals surface area contributed by atoms with E-state index >= 15 is 0 Å². The maximum absolute atomic E-state index is 12.0. The first-order valence-electron chi connectivity index (χ1n) is 6.92. The molecule has 4 heteroatoms. The monoisotopic (exact) mass is 279 g/mol. The Hall–Kier alpha value is -2.62. The lowest BCUT2D eigenvalue weighted by molar-refractivity contribution is 0.970. The molecule has 0 amide bonds. The maximum Gasteiger partial charge on any atom is 0.258 e. The van der Waals surface area contributed by atoms with Gasteiger partial charge in [0.1, 0.15) is 5.65 Å². The Morgan fingerprint density at radius 1 is 1.14 bits per heavy atom. The van der Waals surface area contributed by atoms with Crippen molar-refractivity contribution in [3.63, 3.8) is 0 Å². The molecule has 106 valence electrons. The second-order valence-electron chi connectivity index (χ2n) is 5.19. The molecule has 2 heterocycles. The zero-order valence-corrected chi connectivity index (χ0v) is 12.1. The first-order valence-corrected chi connectivity index (χ1v) is 6.92. The highest BCUT2D eigenvalue weighted by Gasteiger charge is 2.03. The van der Waals surface area contributed by atoms with Crippen LogP contribution in [0.3, 0.4) is 0 Å². The van der Waals surface area contributed by atoms with E-state index in [1.165, 1.54) is 11.1 Å². The molecule has 2 aromatic heterocycles. The summed E-state index contributed by atoms with van der Waals surface area (Å²) in [5.41, 5.74) is 4.81. The van der Waals surface area contributed by atoms with Gasteiger partial charge in [-0.1, -0.05) is 18.2 Å². The molecule has 0 aliphatic rings. The van der Waals surface area contributed by atoms with Crippen molar-refractivity contribution in [1.82, 2.24) is 9.38 Å². The van der Waals surface area contributed by atoms with Crippen LogP contribution in [0.25, 0.3) is 5.65 Å². The van der Waals surface area contributed by atoms with E-state index in [1.807, 2.05) is 18.2 Å². The number of aryl methyl sites for hydroxylation is 2. The smallest absolute Gasteiger partial charge is 0.258 e. The molecule has 21 heavy (non-hydrogen) atoms. The Bertz CT molecular complexity index is 852. The zero-order valence-electron chi connectivity index (χ0n) is 12.1. The van der Waals surface area contributed by atoms with Crippen LogP contribution < -0.4 is 10.9 Å². The van der Waals surface area contributed by atoms with Crippen LogP contribution in [-0.4, -0.2) is 9.38 Å². The predicted molar refractivity (Wildman–Crippen MR) is 84.7 cm³/mol. The molecule has 1 N–H and O–H groups in total. The average molecular weight is 279 g/mol. The second kappa shape index (κ2) is 5.40. The van der Waals surface area contributed by atoms with E-state index in [4.69, 9.17) is 0 Å². The average Bonchev–Trinajstić information content (AvgIpc) is 2.48. The number of hydrogen-bond acceptors (Lipinski definition) is 3. The van der Waals surface area contributed by atoms with Crippen LogP contribution in [-0.2, 0) is 6.54 Å². The van der Waals surface area contributed by atoms with Crippen LogP contribution in [0, 0.1) is 13.8 Å². The summed E-state index contributed by atoms with van der Waals surface area (Å²) in [5, 5.41) is 3.35. The van der Waals surface area contributed by atoms with Crippen LogP contribution >= 0.6 is 0 Å². The van der Waals surface area contributed by atoms with Gasteiger partial charge in [-0.15, -0.1) is 0 Å². The molecular weight excluding hydrogens is 262 g/mol. The Balaban J connectivity index is 1.88. The van der Waals surface area contributed by atoms with E-state index < -0.39 is 0 Å². The van der Waals surface area contributed by atoms with Gasteiger partial charge in [-0.3, -0.25) is 9.20 Å². The van der Waals surface area contributed by atoms with Gasteiger partial charge in [0.2, 0.25) is 0 Å². The van der Waals surface area contributed by atoms with Crippen LogP contribution in [0.1, 0.15) is 16.8 Å². The van der Waals surface area contributed by atoms with Gasteiger partial charge in [0.15, 0.2) is 0 Å². The van der Waals surface area contributed by atoms with E-state index in [9.17, 15) is 4.79 Å². The summed E-state index contributed by atoms with van der Waals surface area (Å²) in [6, 6.07) is 13.4. The molecule has 0 aliphatic carbocycles. The molecule has 0 saturated heterocycles. The van der Waals surface area contributed by atoms with Crippen molar-refractivity contribution >= 4 is 11.3 Å². The first kappa shape index (κ1) is 13.4. The number of aromatic nitrogens is 2. The summed E-state index contributed by atoms with van der Waals surface area (Å²) in [5.74, 6) is 0. The molecular formula is C17H17N3O. The number of nitrogens with one attached hydrogen (secondary N) is 1. The molecule has 0 saturated carbocycles. The van der Waals surface area contributed by atoms with Crippen molar-refractivity contribution in [2.24, 2.45) is 0 Å². The topological polar surface area (TPSA) is 46.4 Å². The number of pyridine rings is 1. The fourth-order valence-electron chi connectivity index (χ4n) is 2.31. The number of nitrogens with zero attached hydrogens (tertiary/aromatic N) is 2. The van der Waals surface area contributed by atoms with Crippen molar-refractivity contribution in [2.75, 3.05) is 5.32 Å². The maximum atomic E-state index is 12.0. The predicted octanol–water partition coefficient (Wildman–Crippen LogP) is 2.92. The lowest BCUT2D eigenvalue weighted by atomic mass is 10.1. The van der Waals surface area contributed by atoms with Crippen LogP contribution in [0.5, 0.6) is 0 Å². The Labute approximate surface area is 123 Å². The zero-order chi connectivity index (χ0) is 14.8. The number of rotatable bonds is 3. The second-order valence-corrected chi connectivity index (χ2v) is 5.19. The third-order valence-electron chi connectivity index (χ3n) is 3.48. The van der Waals surface area contributed by atoms with Crippen molar-refractivity contribution in [3.8, 4) is 0 Å². The summed E-state index contributed by atoms with van der Waals surface area (Å²) >= 11 is 0. The summed E-state index contributed by atoms with van der Waals surface area (Å²) in [7, 11) is 0. The van der Waals surface area contributed by atoms with E-state index in [1.54, 1.807) is 16.7 Å². The summed E-state index contributed by atoms with van der Waals surface area (Å²) in [4.78, 5) is 16.5. The Morgan fingerprint density at radius 2 is 2.00 bits per heavy atom. The van der Waals surface area contributed by atoms with Crippen LogP contribution in [0.2, 0.25) is 0 Å². The lowest BCUT2D eigenvalue weighted by Crippen LogP contribution is -2.16. The molecule has 1 aromatic carbocycles. The van der Waals surface area contributed by atoms with Crippen LogP contribution in [0.4, 0.5) is 5.69 Å². The molecule has 3 rings (SSSR count). The van der Waals surface area contributed by atoms with Crippen LogP contribution in [0.15, 0.2) is 53.5 Å². The van der Waals surface area contributed by atoms with Crippen molar-refractivity contribution in [3.05, 3.63) is 75.8 Å². The van der Waals surface area contributed by atoms with Crippen molar-refractivity contribution in [2.45, 2.75) is 20.4 Å². The molecule has 4 nitrogen and oxygen atoms in total. The van der Waals surface area contributed by atoms with E-state index in [2.05, 4.69) is 42.3 Å². The molecule has 0 unspecified atom stereocenters. The first-order chi connectivity index (χ1) is 10.1. The third-order valence-corrected chi connectivity index (χ3v) is 3.48. The van der Waals surface area contributed by atoms with Crippen molar-refractivity contribution < 1.29 is 0 Å². The van der Waals surface area contributed by atoms with Gasteiger partial charge in [0, 0.05) is 18.0 Å². The molecule has 0 aliphatic heterocycles. The van der Waals surface area contributed by atoms with Gasteiger partial charge >= 0.3 is 0 Å². The quantitative estimate of drug-likeness (QED) is 0.802. The summed E-state index contributed by atoms with van der Waals surface area (Å²) < 4.78 is 1.54. The fourth-order valence-corrected chi connectivity index (χ4v) is 2.31. The van der Waals surface area contributed by atoms with Gasteiger partial charge in [0.05, 0.1) is 12.2 Å². The van der Waals surface area contributed by atoms with E-state index in [0.717, 1.165) is 11.4 Å². The lowest BCUT2D eigenvalue weighted by Gasteiger charge is -2.10. The van der Waals surface area contributed by atoms with Crippen molar-refractivity contribution in [1.29, 1.82) is 0 Å². The third kappa shape index (κ3) is 2.79. The molecule has 0 spiro atoms. The number of anilines is 1. The standard InChI is InChI=1S/C17H17N3O/c1-12-6-7-13(2)15(9-12)18-11-14-10-17(21)20-8-4-3-5-16(20)19-14/h3-10,18H,11H2,1-2H3. The molecule has 3 aromatic rings. The highest BCUT2D eigenvalue weighted by atomic mass is 16.1.